The van der Waals surface area contributed by atoms with Gasteiger partial charge in [0.15, 0.2) is 0 Å². The molecule has 6 rings (SSSR count). The average molecular weight is 474 g/mol. The quantitative estimate of drug-likeness (QED) is 0.435. The van der Waals surface area contributed by atoms with Crippen LogP contribution in [0.25, 0.3) is 0 Å². The fourth-order valence-corrected chi connectivity index (χ4v) is 5.36. The Morgan fingerprint density at radius 1 is 0.912 bits per heavy atom. The lowest BCUT2D eigenvalue weighted by atomic mass is 9.85. The van der Waals surface area contributed by atoms with E-state index in [1.165, 1.54) is 10.5 Å². The predicted octanol–water partition coefficient (Wildman–Crippen LogP) is 4.84. The molecule has 2 aliphatic heterocycles. The fourth-order valence-electron chi connectivity index (χ4n) is 5.24. The molecule has 1 saturated heterocycles. The van der Waals surface area contributed by atoms with Crippen LogP contribution in [0.5, 0.6) is 0 Å². The maximum Gasteiger partial charge on any atom is 0.260 e. The monoisotopic (exact) mass is 473 g/mol. The molecule has 8 heteroatoms. The summed E-state index contributed by atoms with van der Waals surface area (Å²) in [5, 5.41) is 8.85. The summed E-state index contributed by atoms with van der Waals surface area (Å²) < 4.78 is 1.81. The smallest absolute Gasteiger partial charge is 0.260 e. The van der Waals surface area contributed by atoms with Gasteiger partial charge in [0.1, 0.15) is 0 Å². The molecule has 4 atom stereocenters. The Labute approximate surface area is 202 Å². The van der Waals surface area contributed by atoms with Crippen LogP contribution in [-0.2, 0) is 9.59 Å². The number of halogens is 1. The van der Waals surface area contributed by atoms with Gasteiger partial charge in [0.2, 0.25) is 17.8 Å². The average Bonchev–Trinajstić information content (AvgIpc) is 3.38. The highest BCUT2D eigenvalue weighted by Gasteiger charge is 2.49. The third-order valence-corrected chi connectivity index (χ3v) is 7.37. The van der Waals surface area contributed by atoms with Crippen LogP contribution in [0.2, 0.25) is 5.02 Å². The Morgan fingerprint density at radius 3 is 2.18 bits per heavy atom. The zero-order chi connectivity index (χ0) is 23.4. The number of nitrogens with zero attached hydrogens (tertiary/aromatic N) is 4. The highest BCUT2D eigenvalue weighted by Crippen LogP contribution is 2.41. The van der Waals surface area contributed by atoms with E-state index in [1.807, 2.05) is 41.1 Å². The largest absolute Gasteiger partial charge is 0.347 e. The second-order valence-corrected chi connectivity index (χ2v) is 9.69. The molecule has 172 valence electrons. The van der Waals surface area contributed by atoms with Crippen molar-refractivity contribution in [1.29, 1.82) is 0 Å². The minimum atomic E-state index is -0.319. The summed E-state index contributed by atoms with van der Waals surface area (Å²) >= 11 is 6.11. The van der Waals surface area contributed by atoms with Gasteiger partial charge >= 0.3 is 0 Å². The van der Waals surface area contributed by atoms with Crippen molar-refractivity contribution in [2.45, 2.75) is 38.3 Å². The maximum absolute atomic E-state index is 13.1. The number of benzene rings is 2. The number of carbonyl (C=O) groups excluding carboxylic acids is 2. The van der Waals surface area contributed by atoms with E-state index >= 15 is 0 Å². The first-order valence-electron chi connectivity index (χ1n) is 11.6. The lowest BCUT2D eigenvalue weighted by molar-refractivity contribution is -0.122. The van der Waals surface area contributed by atoms with E-state index in [0.717, 1.165) is 17.5 Å². The van der Waals surface area contributed by atoms with Gasteiger partial charge in [-0.15, -0.1) is 5.10 Å². The van der Waals surface area contributed by atoms with Gasteiger partial charge in [0.25, 0.3) is 5.95 Å². The standard InChI is InChI=1S/C26H24ClN5O2/c1-15-6-8-17(9-7-15)22-14-21(16-10-12-18(27)13-11-16)28-25-29-26(30-32(22)25)31-23(33)19-4-2-3-5-20(19)24(31)34/h2-3,6-13,19-22H,4-5,14H2,1H3,(H,28,29,30)/t19-,20+,21-,22-/m1/s1. The number of rotatable bonds is 3. The number of allylic oxidation sites excluding steroid dienone is 2. The summed E-state index contributed by atoms with van der Waals surface area (Å²) in [7, 11) is 0. The third kappa shape index (κ3) is 3.42. The van der Waals surface area contributed by atoms with Crippen molar-refractivity contribution >= 4 is 35.3 Å². The van der Waals surface area contributed by atoms with Crippen molar-refractivity contribution < 1.29 is 9.59 Å². The molecule has 1 aliphatic carbocycles. The number of hydrogen-bond acceptors (Lipinski definition) is 5. The number of imide groups is 1. The first-order valence-corrected chi connectivity index (χ1v) is 12.0. The number of aryl methyl sites for hydroxylation is 1. The van der Waals surface area contributed by atoms with Crippen LogP contribution < -0.4 is 10.2 Å². The van der Waals surface area contributed by atoms with Crippen LogP contribution in [0.15, 0.2) is 60.7 Å². The molecule has 3 aromatic rings. The lowest BCUT2D eigenvalue weighted by Crippen LogP contribution is -2.32. The first kappa shape index (κ1) is 21.1. The summed E-state index contributed by atoms with van der Waals surface area (Å²) in [6.07, 6.45) is 5.86. The highest BCUT2D eigenvalue weighted by molar-refractivity contribution is 6.30. The van der Waals surface area contributed by atoms with E-state index in [-0.39, 0.29) is 41.7 Å². The van der Waals surface area contributed by atoms with Gasteiger partial charge in [0.05, 0.1) is 23.9 Å². The molecule has 7 nitrogen and oxygen atoms in total. The van der Waals surface area contributed by atoms with E-state index in [4.69, 9.17) is 16.7 Å². The predicted molar refractivity (Wildman–Crippen MR) is 130 cm³/mol. The topological polar surface area (TPSA) is 80.1 Å². The summed E-state index contributed by atoms with van der Waals surface area (Å²) in [6, 6.07) is 16.0. The molecule has 0 spiro atoms. The Hall–Kier alpha value is -3.45. The van der Waals surface area contributed by atoms with Crippen molar-refractivity contribution in [3.63, 3.8) is 0 Å². The SMILES string of the molecule is Cc1ccc([C@H]2C[C@H](c3ccc(Cl)cc3)Nc3nc(N4C(=O)[C@H]5CC=CC[C@H]5C4=O)nn32)cc1. The van der Waals surface area contributed by atoms with E-state index in [9.17, 15) is 9.59 Å². The molecule has 34 heavy (non-hydrogen) atoms. The zero-order valence-electron chi connectivity index (χ0n) is 18.7. The van der Waals surface area contributed by atoms with Crippen molar-refractivity contribution in [1.82, 2.24) is 14.8 Å². The number of amides is 2. The summed E-state index contributed by atoms with van der Waals surface area (Å²) in [5.41, 5.74) is 3.36. The molecule has 1 N–H and O–H groups in total. The number of carbonyl (C=O) groups is 2. The van der Waals surface area contributed by atoms with Crippen molar-refractivity contribution in [2.24, 2.45) is 11.8 Å². The zero-order valence-corrected chi connectivity index (χ0v) is 19.4. The summed E-state index contributed by atoms with van der Waals surface area (Å²) in [4.78, 5) is 32.1. The van der Waals surface area contributed by atoms with Gasteiger partial charge in [-0.25, -0.2) is 9.58 Å². The molecular weight excluding hydrogens is 450 g/mol. The van der Waals surface area contributed by atoms with Gasteiger partial charge in [-0.05, 0) is 49.4 Å². The fraction of sp³-hybridized carbons (Fsp3) is 0.308. The molecular formula is C26H24ClN5O2. The number of aromatic nitrogens is 3. The van der Waals surface area contributed by atoms with E-state index in [2.05, 4.69) is 41.5 Å². The van der Waals surface area contributed by atoms with E-state index in [0.29, 0.717) is 23.8 Å². The Kier molecular flexibility index (Phi) is 5.03. The second-order valence-electron chi connectivity index (χ2n) is 9.26. The molecule has 0 bridgehead atoms. The Morgan fingerprint density at radius 2 is 1.53 bits per heavy atom. The van der Waals surface area contributed by atoms with Crippen LogP contribution in [0.3, 0.4) is 0 Å². The molecule has 1 fully saturated rings. The van der Waals surface area contributed by atoms with Gasteiger partial charge in [0, 0.05) is 5.02 Å². The molecule has 0 saturated carbocycles. The molecule has 0 radical (unpaired) electrons. The van der Waals surface area contributed by atoms with Crippen LogP contribution in [0, 0.1) is 18.8 Å². The Balaban J connectivity index is 1.40. The highest BCUT2D eigenvalue weighted by atomic mass is 35.5. The molecule has 3 heterocycles. The number of anilines is 2. The normalized spacial score (nSPS) is 25.8. The Bertz CT molecular complexity index is 1270. The van der Waals surface area contributed by atoms with E-state index in [1.54, 1.807) is 0 Å². The van der Waals surface area contributed by atoms with Crippen molar-refractivity contribution in [3.05, 3.63) is 82.4 Å². The summed E-state index contributed by atoms with van der Waals surface area (Å²) in [5.74, 6) is -0.352. The summed E-state index contributed by atoms with van der Waals surface area (Å²) in [6.45, 7) is 2.06. The lowest BCUT2D eigenvalue weighted by Gasteiger charge is -2.31. The molecule has 3 aliphatic rings. The minimum Gasteiger partial charge on any atom is -0.347 e. The molecule has 2 aromatic carbocycles. The van der Waals surface area contributed by atoms with Crippen molar-refractivity contribution in [3.8, 4) is 0 Å². The van der Waals surface area contributed by atoms with Crippen molar-refractivity contribution in [2.75, 3.05) is 10.2 Å². The van der Waals surface area contributed by atoms with Crippen LogP contribution >= 0.6 is 11.6 Å². The minimum absolute atomic E-state index is 0.0233. The van der Waals surface area contributed by atoms with E-state index < -0.39 is 0 Å². The van der Waals surface area contributed by atoms with Crippen LogP contribution in [0.1, 0.15) is 48.0 Å². The maximum atomic E-state index is 13.1. The van der Waals surface area contributed by atoms with Crippen LogP contribution in [-0.4, -0.2) is 26.6 Å². The third-order valence-electron chi connectivity index (χ3n) is 7.12. The van der Waals surface area contributed by atoms with Gasteiger partial charge in [-0.1, -0.05) is 65.7 Å². The second kappa shape index (κ2) is 8.09. The van der Waals surface area contributed by atoms with Crippen LogP contribution in [0.4, 0.5) is 11.9 Å². The number of fused-ring (bicyclic) bond motifs is 2. The number of hydrogen-bond donors (Lipinski definition) is 1. The number of nitrogens with one attached hydrogen (secondary N) is 1. The van der Waals surface area contributed by atoms with Gasteiger partial charge < -0.3 is 5.32 Å². The molecule has 0 unspecified atom stereocenters. The van der Waals surface area contributed by atoms with Gasteiger partial charge in [-0.3, -0.25) is 9.59 Å². The molecule has 1 aromatic heterocycles. The first-order chi connectivity index (χ1) is 16.5. The van der Waals surface area contributed by atoms with Gasteiger partial charge in [-0.2, -0.15) is 4.98 Å². The molecule has 2 amide bonds.